The molecule has 80 valence electrons. The molecular formula is C13H17NO. The number of carbonyl (C=O) groups is 1. The average molecular weight is 203 g/mol. The number of aromatic nitrogens is 1. The number of rotatable bonds is 3. The van der Waals surface area contributed by atoms with E-state index in [2.05, 4.69) is 4.98 Å². The molecular weight excluding hydrogens is 186 g/mol. The Morgan fingerprint density at radius 3 is 2.67 bits per heavy atom. The van der Waals surface area contributed by atoms with Gasteiger partial charge in [-0.25, -0.2) is 0 Å². The largest absolute Gasteiger partial charge is 0.294 e. The van der Waals surface area contributed by atoms with Crippen molar-refractivity contribution in [3.05, 3.63) is 29.1 Å². The van der Waals surface area contributed by atoms with Crippen molar-refractivity contribution in [1.29, 1.82) is 0 Å². The van der Waals surface area contributed by atoms with Gasteiger partial charge in [0.15, 0.2) is 5.78 Å². The number of nitrogens with zero attached hydrogens (tertiary/aromatic N) is 1. The van der Waals surface area contributed by atoms with Gasteiger partial charge in [0.25, 0.3) is 0 Å². The van der Waals surface area contributed by atoms with Crippen molar-refractivity contribution in [1.82, 2.24) is 4.98 Å². The number of Topliss-reactive ketones (excluding diaryl/α,β-unsaturated/α-hetero) is 1. The SMILES string of the molecule is Cc1ccc(C(=O)CC2CCC2)c(C)n1. The van der Waals surface area contributed by atoms with E-state index >= 15 is 0 Å². The van der Waals surface area contributed by atoms with Gasteiger partial charge in [-0.05, 0) is 31.9 Å². The number of carbonyl (C=O) groups excluding carboxylic acids is 1. The highest BCUT2D eigenvalue weighted by Crippen LogP contribution is 2.30. The first-order valence-corrected chi connectivity index (χ1v) is 5.64. The molecule has 2 nitrogen and oxygen atoms in total. The normalized spacial score (nSPS) is 16.1. The van der Waals surface area contributed by atoms with Crippen LogP contribution in [-0.4, -0.2) is 10.8 Å². The molecule has 1 fully saturated rings. The number of hydrogen-bond acceptors (Lipinski definition) is 2. The summed E-state index contributed by atoms with van der Waals surface area (Å²) in [4.78, 5) is 16.3. The summed E-state index contributed by atoms with van der Waals surface area (Å²) < 4.78 is 0. The summed E-state index contributed by atoms with van der Waals surface area (Å²) in [5.41, 5.74) is 2.67. The van der Waals surface area contributed by atoms with E-state index < -0.39 is 0 Å². The van der Waals surface area contributed by atoms with Crippen molar-refractivity contribution in [3.8, 4) is 0 Å². The molecule has 0 spiro atoms. The van der Waals surface area contributed by atoms with Crippen LogP contribution in [0.5, 0.6) is 0 Å². The fraction of sp³-hybridized carbons (Fsp3) is 0.538. The molecule has 1 aromatic heterocycles. The predicted molar refractivity (Wildman–Crippen MR) is 60.0 cm³/mol. The highest BCUT2D eigenvalue weighted by atomic mass is 16.1. The van der Waals surface area contributed by atoms with Gasteiger partial charge in [-0.3, -0.25) is 9.78 Å². The van der Waals surface area contributed by atoms with Crippen LogP contribution < -0.4 is 0 Å². The van der Waals surface area contributed by atoms with Gasteiger partial charge in [0.05, 0.1) is 0 Å². The van der Waals surface area contributed by atoms with Gasteiger partial charge in [0, 0.05) is 23.4 Å². The van der Waals surface area contributed by atoms with Gasteiger partial charge in [-0.2, -0.15) is 0 Å². The van der Waals surface area contributed by atoms with E-state index in [1.807, 2.05) is 26.0 Å². The molecule has 1 saturated carbocycles. The topological polar surface area (TPSA) is 30.0 Å². The molecule has 0 bridgehead atoms. The minimum Gasteiger partial charge on any atom is -0.294 e. The first-order chi connectivity index (χ1) is 7.16. The van der Waals surface area contributed by atoms with Crippen LogP contribution in [0.4, 0.5) is 0 Å². The maximum absolute atomic E-state index is 11.9. The van der Waals surface area contributed by atoms with Crippen LogP contribution in [0.1, 0.15) is 47.4 Å². The Labute approximate surface area is 90.7 Å². The zero-order valence-electron chi connectivity index (χ0n) is 9.42. The van der Waals surface area contributed by atoms with Crippen molar-refractivity contribution < 1.29 is 4.79 Å². The van der Waals surface area contributed by atoms with E-state index in [-0.39, 0.29) is 5.78 Å². The maximum Gasteiger partial charge on any atom is 0.164 e. The molecule has 0 atom stereocenters. The Bertz CT molecular complexity index is 380. The van der Waals surface area contributed by atoms with Crippen molar-refractivity contribution >= 4 is 5.78 Å². The number of pyridine rings is 1. The van der Waals surface area contributed by atoms with Gasteiger partial charge in [0.1, 0.15) is 0 Å². The van der Waals surface area contributed by atoms with Crippen molar-refractivity contribution in [2.75, 3.05) is 0 Å². The second-order valence-electron chi connectivity index (χ2n) is 4.51. The Balaban J connectivity index is 2.10. The lowest BCUT2D eigenvalue weighted by Crippen LogP contribution is -2.16. The fourth-order valence-corrected chi connectivity index (χ4v) is 2.05. The fourth-order valence-electron chi connectivity index (χ4n) is 2.05. The van der Waals surface area contributed by atoms with Crippen molar-refractivity contribution in [3.63, 3.8) is 0 Å². The second kappa shape index (κ2) is 4.13. The van der Waals surface area contributed by atoms with Crippen molar-refractivity contribution in [2.24, 2.45) is 5.92 Å². The lowest BCUT2D eigenvalue weighted by Gasteiger charge is -2.24. The first kappa shape index (κ1) is 10.3. The highest BCUT2D eigenvalue weighted by Gasteiger charge is 2.22. The van der Waals surface area contributed by atoms with Crippen molar-refractivity contribution in [2.45, 2.75) is 39.5 Å². The van der Waals surface area contributed by atoms with Crippen LogP contribution in [0.15, 0.2) is 12.1 Å². The van der Waals surface area contributed by atoms with Gasteiger partial charge in [-0.1, -0.05) is 19.3 Å². The minimum atomic E-state index is 0.268. The van der Waals surface area contributed by atoms with Gasteiger partial charge in [0.2, 0.25) is 0 Å². The van der Waals surface area contributed by atoms with Gasteiger partial charge < -0.3 is 0 Å². The van der Waals surface area contributed by atoms with Crippen LogP contribution >= 0.6 is 0 Å². The monoisotopic (exact) mass is 203 g/mol. The Kier molecular flexibility index (Phi) is 2.85. The Morgan fingerprint density at radius 2 is 2.13 bits per heavy atom. The van der Waals surface area contributed by atoms with Gasteiger partial charge in [-0.15, -0.1) is 0 Å². The van der Waals surface area contributed by atoms with Crippen LogP contribution in [0, 0.1) is 19.8 Å². The van der Waals surface area contributed by atoms with Crippen LogP contribution in [-0.2, 0) is 0 Å². The molecule has 1 aromatic rings. The summed E-state index contributed by atoms with van der Waals surface area (Å²) in [7, 11) is 0. The molecule has 0 radical (unpaired) electrons. The maximum atomic E-state index is 11.9. The standard InChI is InChI=1S/C13H17NO/c1-9-6-7-12(10(2)14-9)13(15)8-11-4-3-5-11/h6-7,11H,3-5,8H2,1-2H3. The van der Waals surface area contributed by atoms with E-state index in [1.54, 1.807) is 0 Å². The number of ketones is 1. The minimum absolute atomic E-state index is 0.268. The molecule has 1 aliphatic carbocycles. The lowest BCUT2D eigenvalue weighted by molar-refractivity contribution is 0.0935. The van der Waals surface area contributed by atoms with Gasteiger partial charge >= 0.3 is 0 Å². The van der Waals surface area contributed by atoms with E-state index in [4.69, 9.17) is 0 Å². The molecule has 0 unspecified atom stereocenters. The molecule has 0 aliphatic heterocycles. The molecule has 15 heavy (non-hydrogen) atoms. The zero-order valence-corrected chi connectivity index (χ0v) is 9.42. The zero-order chi connectivity index (χ0) is 10.8. The third kappa shape index (κ3) is 2.25. The summed E-state index contributed by atoms with van der Waals surface area (Å²) in [6.45, 7) is 3.87. The molecule has 0 N–H and O–H groups in total. The summed E-state index contributed by atoms with van der Waals surface area (Å²) in [6.07, 6.45) is 4.46. The number of aryl methyl sites for hydroxylation is 2. The average Bonchev–Trinajstić information content (AvgIpc) is 2.11. The summed E-state index contributed by atoms with van der Waals surface area (Å²) >= 11 is 0. The Morgan fingerprint density at radius 1 is 1.40 bits per heavy atom. The Hall–Kier alpha value is -1.18. The molecule has 1 aliphatic rings. The molecule has 2 heteroatoms. The van der Waals surface area contributed by atoms with E-state index in [0.29, 0.717) is 12.3 Å². The molecule has 0 amide bonds. The number of hydrogen-bond donors (Lipinski definition) is 0. The summed E-state index contributed by atoms with van der Waals surface area (Å²) in [5.74, 6) is 0.905. The smallest absolute Gasteiger partial charge is 0.164 e. The van der Waals surface area contributed by atoms with Crippen LogP contribution in [0.25, 0.3) is 0 Å². The van der Waals surface area contributed by atoms with Crippen LogP contribution in [0.3, 0.4) is 0 Å². The summed E-state index contributed by atoms with van der Waals surface area (Å²) in [6, 6.07) is 3.83. The van der Waals surface area contributed by atoms with E-state index in [0.717, 1.165) is 17.0 Å². The molecule has 0 aromatic carbocycles. The third-order valence-electron chi connectivity index (χ3n) is 3.22. The quantitative estimate of drug-likeness (QED) is 0.707. The predicted octanol–water partition coefficient (Wildman–Crippen LogP) is 3.07. The molecule has 0 saturated heterocycles. The lowest BCUT2D eigenvalue weighted by atomic mass is 9.81. The third-order valence-corrected chi connectivity index (χ3v) is 3.22. The highest BCUT2D eigenvalue weighted by molar-refractivity contribution is 5.97. The molecule has 2 rings (SSSR count). The second-order valence-corrected chi connectivity index (χ2v) is 4.51. The van der Waals surface area contributed by atoms with E-state index in [1.165, 1.54) is 19.3 Å². The van der Waals surface area contributed by atoms with E-state index in [9.17, 15) is 4.79 Å². The molecule has 1 heterocycles. The summed E-state index contributed by atoms with van der Waals surface area (Å²) in [5, 5.41) is 0. The van der Waals surface area contributed by atoms with Crippen LogP contribution in [0.2, 0.25) is 0 Å². The first-order valence-electron chi connectivity index (χ1n) is 5.64.